The lowest BCUT2D eigenvalue weighted by molar-refractivity contribution is -0.116. The van der Waals surface area contributed by atoms with Crippen molar-refractivity contribution in [2.45, 2.75) is 38.5 Å². The van der Waals surface area contributed by atoms with Crippen molar-refractivity contribution in [1.29, 1.82) is 0 Å². The van der Waals surface area contributed by atoms with Gasteiger partial charge in [0.05, 0.1) is 11.4 Å². The van der Waals surface area contributed by atoms with Gasteiger partial charge in [-0.1, -0.05) is 43.2 Å². The fraction of sp³-hybridized carbons (Fsp3) is 0.273. The molecule has 0 atom stereocenters. The van der Waals surface area contributed by atoms with Crippen LogP contribution in [0.5, 0.6) is 0 Å². The van der Waals surface area contributed by atoms with Crippen molar-refractivity contribution >= 4 is 34.0 Å². The number of nitrogen functional groups attached to an aromatic ring is 1. The number of hydrogen-bond donors (Lipinski definition) is 3. The molecule has 3 rings (SSSR count). The van der Waals surface area contributed by atoms with Gasteiger partial charge in [0.15, 0.2) is 5.78 Å². The van der Waals surface area contributed by atoms with E-state index in [1.54, 1.807) is 18.3 Å². The Labute approximate surface area is 159 Å². The first kappa shape index (κ1) is 18.7. The average molecular weight is 363 g/mol. The van der Waals surface area contributed by atoms with Gasteiger partial charge in [-0.25, -0.2) is 0 Å². The second-order valence-corrected chi connectivity index (χ2v) is 6.72. The van der Waals surface area contributed by atoms with Gasteiger partial charge < -0.3 is 16.0 Å². The molecule has 0 aliphatic rings. The second kappa shape index (κ2) is 9.03. The van der Waals surface area contributed by atoms with E-state index < -0.39 is 0 Å². The lowest BCUT2D eigenvalue weighted by Gasteiger charge is -2.07. The summed E-state index contributed by atoms with van der Waals surface area (Å²) in [4.78, 5) is 27.5. The minimum absolute atomic E-state index is 0.0252. The first-order valence-corrected chi connectivity index (χ1v) is 9.39. The Balaban J connectivity index is 1.34. The number of Topliss-reactive ketones (excluding diaryl/α,β-unsaturated/α-hetero) is 1. The smallest absolute Gasteiger partial charge is 0.224 e. The van der Waals surface area contributed by atoms with E-state index in [4.69, 9.17) is 5.73 Å². The molecule has 4 N–H and O–H groups in total. The molecule has 0 fully saturated rings. The molecule has 0 aliphatic heterocycles. The van der Waals surface area contributed by atoms with Crippen LogP contribution < -0.4 is 11.1 Å². The highest BCUT2D eigenvalue weighted by Gasteiger charge is 2.11. The highest BCUT2D eigenvalue weighted by molar-refractivity contribution is 6.07. The molecule has 3 aromatic rings. The van der Waals surface area contributed by atoms with E-state index in [0.717, 1.165) is 42.1 Å². The number of para-hydroxylation sites is 3. The van der Waals surface area contributed by atoms with Gasteiger partial charge in [-0.3, -0.25) is 9.59 Å². The highest BCUT2D eigenvalue weighted by atomic mass is 16.1. The number of rotatable bonds is 9. The van der Waals surface area contributed by atoms with Gasteiger partial charge in [-0.2, -0.15) is 0 Å². The molecule has 0 spiro atoms. The quantitative estimate of drug-likeness (QED) is 0.287. The van der Waals surface area contributed by atoms with Crippen LogP contribution in [-0.4, -0.2) is 16.7 Å². The number of anilines is 2. The number of nitrogens with one attached hydrogen (secondary N) is 2. The third kappa shape index (κ3) is 4.97. The number of carbonyl (C=O) groups is 2. The maximum atomic E-state index is 12.4. The zero-order valence-corrected chi connectivity index (χ0v) is 15.3. The molecule has 0 unspecified atom stereocenters. The predicted molar refractivity (Wildman–Crippen MR) is 110 cm³/mol. The number of ketones is 1. The second-order valence-electron chi connectivity index (χ2n) is 6.72. The first-order chi connectivity index (χ1) is 13.1. The van der Waals surface area contributed by atoms with Crippen LogP contribution in [0, 0.1) is 0 Å². The van der Waals surface area contributed by atoms with Crippen LogP contribution in [0.4, 0.5) is 11.4 Å². The Bertz CT molecular complexity index is 930. The Hall–Kier alpha value is -3.08. The molecule has 1 heterocycles. The van der Waals surface area contributed by atoms with Crippen molar-refractivity contribution in [2.24, 2.45) is 0 Å². The molecule has 0 saturated heterocycles. The fourth-order valence-electron chi connectivity index (χ4n) is 3.19. The topological polar surface area (TPSA) is 88.0 Å². The van der Waals surface area contributed by atoms with E-state index in [1.807, 2.05) is 36.4 Å². The number of unbranched alkanes of at least 4 members (excludes halogenated alkanes) is 3. The van der Waals surface area contributed by atoms with E-state index in [0.29, 0.717) is 24.2 Å². The Morgan fingerprint density at radius 1 is 0.889 bits per heavy atom. The summed E-state index contributed by atoms with van der Waals surface area (Å²) in [5.41, 5.74) is 8.81. The molecule has 1 aromatic heterocycles. The molecule has 1 amide bonds. The zero-order chi connectivity index (χ0) is 19.1. The molecule has 27 heavy (non-hydrogen) atoms. The number of aromatic nitrogens is 1. The Kier molecular flexibility index (Phi) is 6.26. The molecule has 5 nitrogen and oxygen atoms in total. The minimum Gasteiger partial charge on any atom is -0.397 e. The number of hydrogen-bond acceptors (Lipinski definition) is 3. The van der Waals surface area contributed by atoms with E-state index in [2.05, 4.69) is 10.3 Å². The van der Waals surface area contributed by atoms with Crippen molar-refractivity contribution in [1.82, 2.24) is 4.98 Å². The first-order valence-electron chi connectivity index (χ1n) is 9.39. The number of amides is 1. The fourth-order valence-corrected chi connectivity index (χ4v) is 3.19. The minimum atomic E-state index is -0.0252. The average Bonchev–Trinajstić information content (AvgIpc) is 3.10. The Morgan fingerprint density at radius 2 is 1.59 bits per heavy atom. The molecule has 2 aromatic carbocycles. The summed E-state index contributed by atoms with van der Waals surface area (Å²) in [6, 6.07) is 15.1. The zero-order valence-electron chi connectivity index (χ0n) is 15.3. The lowest BCUT2D eigenvalue weighted by Crippen LogP contribution is -2.12. The van der Waals surface area contributed by atoms with Gasteiger partial charge in [-0.05, 0) is 31.0 Å². The van der Waals surface area contributed by atoms with Gasteiger partial charge in [0.2, 0.25) is 5.91 Å². The van der Waals surface area contributed by atoms with Crippen LogP contribution in [0.3, 0.4) is 0 Å². The molecule has 0 aliphatic carbocycles. The van der Waals surface area contributed by atoms with Crippen molar-refractivity contribution in [3.8, 4) is 0 Å². The highest BCUT2D eigenvalue weighted by Crippen LogP contribution is 2.20. The number of fused-ring (bicyclic) bond motifs is 1. The van der Waals surface area contributed by atoms with Gasteiger partial charge >= 0.3 is 0 Å². The summed E-state index contributed by atoms with van der Waals surface area (Å²) in [7, 11) is 0. The maximum Gasteiger partial charge on any atom is 0.224 e. The van der Waals surface area contributed by atoms with Gasteiger partial charge in [-0.15, -0.1) is 0 Å². The normalized spacial score (nSPS) is 10.8. The lowest BCUT2D eigenvalue weighted by atomic mass is 10.0. The molecular formula is C22H25N3O2. The number of nitrogens with two attached hydrogens (primary N) is 1. The van der Waals surface area contributed by atoms with Crippen molar-refractivity contribution in [2.75, 3.05) is 11.1 Å². The SMILES string of the molecule is Nc1ccccc1NC(=O)CCCCCCC(=O)c1c[nH]c2ccccc12. The van der Waals surface area contributed by atoms with E-state index in [9.17, 15) is 9.59 Å². The number of benzene rings is 2. The summed E-state index contributed by atoms with van der Waals surface area (Å²) >= 11 is 0. The third-order valence-electron chi connectivity index (χ3n) is 4.68. The van der Waals surface area contributed by atoms with E-state index in [-0.39, 0.29) is 11.7 Å². The summed E-state index contributed by atoms with van der Waals surface area (Å²) in [6.07, 6.45) is 6.31. The van der Waals surface area contributed by atoms with Crippen LogP contribution in [0.25, 0.3) is 10.9 Å². The number of aromatic amines is 1. The van der Waals surface area contributed by atoms with Crippen LogP contribution in [-0.2, 0) is 4.79 Å². The molecule has 0 saturated carbocycles. The molecule has 0 radical (unpaired) electrons. The number of H-pyrrole nitrogens is 1. The van der Waals surface area contributed by atoms with Crippen molar-refractivity contribution in [3.05, 3.63) is 60.3 Å². The Morgan fingerprint density at radius 3 is 2.41 bits per heavy atom. The van der Waals surface area contributed by atoms with Crippen molar-refractivity contribution in [3.63, 3.8) is 0 Å². The molecular weight excluding hydrogens is 338 g/mol. The van der Waals surface area contributed by atoms with E-state index in [1.165, 1.54) is 0 Å². The van der Waals surface area contributed by atoms with Crippen LogP contribution in [0.1, 0.15) is 48.9 Å². The van der Waals surface area contributed by atoms with Crippen LogP contribution in [0.15, 0.2) is 54.7 Å². The largest absolute Gasteiger partial charge is 0.397 e. The summed E-state index contributed by atoms with van der Waals surface area (Å²) in [6.45, 7) is 0. The number of carbonyl (C=O) groups excluding carboxylic acids is 2. The third-order valence-corrected chi connectivity index (χ3v) is 4.68. The van der Waals surface area contributed by atoms with Gasteiger partial charge in [0.1, 0.15) is 0 Å². The molecule has 0 bridgehead atoms. The van der Waals surface area contributed by atoms with Crippen LogP contribution >= 0.6 is 0 Å². The molecule has 5 heteroatoms. The van der Waals surface area contributed by atoms with Gasteiger partial charge in [0, 0.05) is 35.5 Å². The monoisotopic (exact) mass is 363 g/mol. The maximum absolute atomic E-state index is 12.4. The molecule has 140 valence electrons. The van der Waals surface area contributed by atoms with Crippen molar-refractivity contribution < 1.29 is 9.59 Å². The summed E-state index contributed by atoms with van der Waals surface area (Å²) < 4.78 is 0. The standard InChI is InChI=1S/C22H25N3O2/c23-18-10-6-8-12-20(18)25-22(27)14-4-2-1-3-13-21(26)17-15-24-19-11-7-5-9-16(17)19/h5-12,15,24H,1-4,13-14,23H2,(H,25,27). The van der Waals surface area contributed by atoms with E-state index >= 15 is 0 Å². The van der Waals surface area contributed by atoms with Gasteiger partial charge in [0.25, 0.3) is 0 Å². The predicted octanol–water partition coefficient (Wildman–Crippen LogP) is 4.91. The summed E-state index contributed by atoms with van der Waals surface area (Å²) in [5, 5.41) is 3.82. The summed E-state index contributed by atoms with van der Waals surface area (Å²) in [5.74, 6) is 0.146. The van der Waals surface area contributed by atoms with Crippen LogP contribution in [0.2, 0.25) is 0 Å².